The monoisotopic (exact) mass is 1300 g/mol. The van der Waals surface area contributed by atoms with Gasteiger partial charge in [0, 0.05) is 31.8 Å². The number of amides is 1. The first-order valence-electron chi connectivity index (χ1n) is 27.9. The van der Waals surface area contributed by atoms with E-state index >= 15 is 0 Å². The fraction of sp³-hybridized carbons (Fsp3) is 0.328. The van der Waals surface area contributed by atoms with Crippen LogP contribution < -0.4 is 24.8 Å². The summed E-state index contributed by atoms with van der Waals surface area (Å²) < 4.78 is 83.6. The molecule has 6 aromatic rings. The van der Waals surface area contributed by atoms with Crippen molar-refractivity contribution in [3.63, 3.8) is 0 Å². The Hall–Kier alpha value is -7.93. The lowest BCUT2D eigenvalue weighted by molar-refractivity contribution is -0.678. The molecule has 9 rings (SSSR count). The Labute approximate surface area is 527 Å². The van der Waals surface area contributed by atoms with Crippen molar-refractivity contribution in [3.8, 4) is 17.2 Å². The SMILES string of the molecule is CC(C)(C)OC(=O)N1CCO[C@H]([C@@H](Oc2cccc(Cl)c2F)c2ccccc2)C1.Fc1c(Cl)cccc1O[C@@H](c1ccccc1)[C@@H]1CNCCO1.Fc1c(Cl)cccc1O[C@@H](c1ccccc1)[C@@H]1C[NH2+]CCO1.O=C(O)/C=C/C(=O)O.O=C(O)CCC(=O)O. The van der Waals surface area contributed by atoms with Gasteiger partial charge in [-0.1, -0.05) is 144 Å². The van der Waals surface area contributed by atoms with Crippen LogP contribution in [-0.4, -0.2) is 138 Å². The Morgan fingerprint density at radius 3 is 1.33 bits per heavy atom. The maximum atomic E-state index is 14.5. The Kier molecular flexibility index (Phi) is 30.0. The van der Waals surface area contributed by atoms with E-state index in [1.54, 1.807) is 35.2 Å². The zero-order valence-electron chi connectivity index (χ0n) is 48.7. The topological polar surface area (TPSA) is 263 Å². The molecule has 19 nitrogen and oxygen atoms in total. The standard InChI is InChI=1S/C22H25ClFNO4.2C17H17ClFNO2.C4H6O4.C4H4O4/c1-22(2,3)29-21(26)25-12-13-27-18(14-25)20(15-8-5-4-6-9-15)28-17-11-7-10-16(23)19(17)24;2*18-13-7-4-8-14(16(13)19)22-17(12-5-2-1-3-6-12)15-11-20-9-10-21-15;2*5-3(6)1-2-4(7)8/h4-11,18,20H,12-14H2,1-3H3;2*1-8,15,17,20H,9-11H2;1-2H2,(H,5,6)(H,7,8);1-2H,(H,5,6)(H,7,8)/p+1/b;;;;2-1+/t18-,20-;2*15-,17-;;/m000../s1. The van der Waals surface area contributed by atoms with E-state index in [2.05, 4.69) is 10.6 Å². The third kappa shape index (κ3) is 25.2. The average molecular weight is 1300 g/mol. The number of hydrogen-bond acceptors (Lipinski definition) is 13. The summed E-state index contributed by atoms with van der Waals surface area (Å²) in [5.74, 6) is -6.07. The number of aliphatic carboxylic acids is 4. The third-order valence-corrected chi connectivity index (χ3v) is 13.5. The summed E-state index contributed by atoms with van der Waals surface area (Å²) in [6.07, 6.45) is -2.11. The molecule has 3 fully saturated rings. The number of hydrogen-bond donors (Lipinski definition) is 6. The first-order chi connectivity index (χ1) is 42.5. The highest BCUT2D eigenvalue weighted by Gasteiger charge is 2.36. The first kappa shape index (κ1) is 71.8. The van der Waals surface area contributed by atoms with E-state index in [4.69, 9.17) is 88.4 Å². The maximum absolute atomic E-state index is 14.5. The molecule has 0 radical (unpaired) electrons. The lowest BCUT2D eigenvalue weighted by Gasteiger charge is -2.37. The highest BCUT2D eigenvalue weighted by molar-refractivity contribution is 6.31. The van der Waals surface area contributed by atoms with Crippen LogP contribution in [-0.2, 0) is 38.1 Å². The predicted molar refractivity (Wildman–Crippen MR) is 324 cm³/mol. The number of carboxylic acid groups (broad SMARTS) is 4. The summed E-state index contributed by atoms with van der Waals surface area (Å²) in [5.41, 5.74) is 2.12. The summed E-state index contributed by atoms with van der Waals surface area (Å²) in [5, 5.41) is 37.0. The number of rotatable bonds is 17. The number of benzene rings is 6. The number of carbonyl (C=O) groups is 5. The van der Waals surface area contributed by atoms with E-state index in [0.29, 0.717) is 45.1 Å². The number of nitrogens with one attached hydrogen (secondary N) is 1. The van der Waals surface area contributed by atoms with E-state index in [0.717, 1.165) is 36.3 Å². The van der Waals surface area contributed by atoms with E-state index in [9.17, 15) is 37.1 Å². The Morgan fingerprint density at radius 2 is 0.966 bits per heavy atom. The van der Waals surface area contributed by atoms with Gasteiger partial charge >= 0.3 is 30.0 Å². The second-order valence-electron chi connectivity index (χ2n) is 20.5. The Balaban J connectivity index is 0.000000218. The Bertz CT molecular complexity index is 3070. The van der Waals surface area contributed by atoms with Gasteiger partial charge in [-0.3, -0.25) is 9.59 Å². The second kappa shape index (κ2) is 37.2. The third-order valence-electron chi connectivity index (χ3n) is 12.6. The van der Waals surface area contributed by atoms with Crippen molar-refractivity contribution in [2.75, 3.05) is 59.1 Å². The van der Waals surface area contributed by atoms with Gasteiger partial charge in [-0.05, 0) is 73.9 Å². The summed E-state index contributed by atoms with van der Waals surface area (Å²) in [4.78, 5) is 52.5. The fourth-order valence-electron chi connectivity index (χ4n) is 8.49. The second-order valence-corrected chi connectivity index (χ2v) is 21.7. The van der Waals surface area contributed by atoms with Crippen LogP contribution in [0.15, 0.2) is 158 Å². The van der Waals surface area contributed by atoms with Crippen LogP contribution in [0, 0.1) is 17.5 Å². The number of carboxylic acids is 4. The van der Waals surface area contributed by atoms with Crippen LogP contribution >= 0.6 is 34.8 Å². The quantitative estimate of drug-likeness (QED) is 0.0464. The lowest BCUT2D eigenvalue weighted by Crippen LogP contribution is -2.90. The van der Waals surface area contributed by atoms with Crippen molar-refractivity contribution in [2.45, 2.75) is 75.8 Å². The van der Waals surface area contributed by atoms with Crippen molar-refractivity contribution in [1.82, 2.24) is 10.2 Å². The molecule has 6 aromatic carbocycles. The molecule has 3 aliphatic heterocycles. The highest BCUT2D eigenvalue weighted by Crippen LogP contribution is 2.35. The van der Waals surface area contributed by atoms with Gasteiger partial charge in [-0.25, -0.2) is 27.6 Å². The number of quaternary nitrogens is 1. The smallest absolute Gasteiger partial charge is 0.410 e. The van der Waals surface area contributed by atoms with Gasteiger partial charge in [0.05, 0.1) is 60.8 Å². The van der Waals surface area contributed by atoms with E-state index in [1.807, 2.05) is 112 Å². The molecule has 1 amide bonds. The summed E-state index contributed by atoms with van der Waals surface area (Å²) in [7, 11) is 0. The normalized spacial score (nSPS) is 17.3. The molecule has 478 valence electrons. The van der Waals surface area contributed by atoms with E-state index in [-0.39, 0.29) is 70.0 Å². The lowest BCUT2D eigenvalue weighted by atomic mass is 10.0. The zero-order valence-corrected chi connectivity index (χ0v) is 51.0. The number of nitrogens with two attached hydrogens (primary N) is 1. The largest absolute Gasteiger partial charge is 0.481 e. The molecule has 3 aliphatic rings. The Morgan fingerprint density at radius 1 is 0.573 bits per heavy atom. The molecule has 6 atom stereocenters. The molecule has 0 spiro atoms. The number of nitrogens with zero attached hydrogens (tertiary/aromatic N) is 1. The maximum Gasteiger partial charge on any atom is 0.410 e. The van der Waals surface area contributed by atoms with Gasteiger partial charge in [0.2, 0.25) is 0 Å². The van der Waals surface area contributed by atoms with Crippen LogP contribution in [0.5, 0.6) is 17.2 Å². The fourth-order valence-corrected chi connectivity index (χ4v) is 8.99. The van der Waals surface area contributed by atoms with Crippen molar-refractivity contribution in [2.24, 2.45) is 0 Å². The van der Waals surface area contributed by atoms with E-state index < -0.39 is 71.3 Å². The van der Waals surface area contributed by atoms with Gasteiger partial charge in [0.15, 0.2) is 53.0 Å². The highest BCUT2D eigenvalue weighted by atomic mass is 35.5. The minimum atomic E-state index is -1.26. The summed E-state index contributed by atoms with van der Waals surface area (Å²) in [6.45, 7) is 10.9. The van der Waals surface area contributed by atoms with Crippen LogP contribution in [0.2, 0.25) is 15.1 Å². The molecular formula is C64H70Cl3F3N3O16+. The van der Waals surface area contributed by atoms with Crippen molar-refractivity contribution in [1.29, 1.82) is 0 Å². The molecule has 3 saturated heterocycles. The number of halogens is 6. The van der Waals surface area contributed by atoms with Gasteiger partial charge in [-0.2, -0.15) is 0 Å². The summed E-state index contributed by atoms with van der Waals surface area (Å²) >= 11 is 17.6. The number of morpholine rings is 3. The van der Waals surface area contributed by atoms with Crippen molar-refractivity contribution >= 4 is 64.8 Å². The van der Waals surface area contributed by atoms with Gasteiger partial charge in [0.1, 0.15) is 30.5 Å². The predicted octanol–water partition coefficient (Wildman–Crippen LogP) is 11.0. The van der Waals surface area contributed by atoms with Crippen LogP contribution in [0.1, 0.15) is 68.6 Å². The first-order valence-corrected chi connectivity index (χ1v) is 29.0. The molecule has 89 heavy (non-hydrogen) atoms. The van der Waals surface area contributed by atoms with Crippen molar-refractivity contribution < 1.29 is 96.0 Å². The van der Waals surface area contributed by atoms with Crippen LogP contribution in [0.3, 0.4) is 0 Å². The molecule has 25 heteroatoms. The molecule has 0 bridgehead atoms. The molecule has 7 N–H and O–H groups in total. The van der Waals surface area contributed by atoms with E-state index in [1.165, 1.54) is 24.3 Å². The molecular weight excluding hydrogens is 1230 g/mol. The van der Waals surface area contributed by atoms with Gasteiger partial charge in [-0.15, -0.1) is 0 Å². The van der Waals surface area contributed by atoms with Gasteiger partial charge in [0.25, 0.3) is 0 Å². The minimum Gasteiger partial charge on any atom is -0.481 e. The number of ether oxygens (including phenoxy) is 7. The molecule has 0 unspecified atom stereocenters. The minimum absolute atomic E-state index is 0.0192. The molecule has 0 saturated carbocycles. The molecule has 0 aliphatic carbocycles. The average Bonchev–Trinajstić information content (AvgIpc) is 1.33. The zero-order chi connectivity index (χ0) is 64.9. The molecule has 3 heterocycles. The van der Waals surface area contributed by atoms with Gasteiger partial charge < -0.3 is 69.1 Å². The summed E-state index contributed by atoms with van der Waals surface area (Å²) in [6, 6.07) is 42.9. The van der Waals surface area contributed by atoms with Crippen LogP contribution in [0.4, 0.5) is 18.0 Å². The molecule has 0 aromatic heterocycles. The van der Waals surface area contributed by atoms with Crippen LogP contribution in [0.25, 0.3) is 0 Å². The van der Waals surface area contributed by atoms with Crippen molar-refractivity contribution in [3.05, 3.63) is 207 Å². The number of carbonyl (C=O) groups excluding carboxylic acids is 1.